The van der Waals surface area contributed by atoms with Crippen molar-refractivity contribution in [2.75, 3.05) is 0 Å². The summed E-state index contributed by atoms with van der Waals surface area (Å²) in [5.74, 6) is -2.09. The van der Waals surface area contributed by atoms with Crippen molar-refractivity contribution < 1.29 is 18.7 Å². The lowest BCUT2D eigenvalue weighted by Gasteiger charge is -2.01. The molecule has 0 unspecified atom stereocenters. The largest absolute Gasteiger partial charge is 0.479 e. The number of carboxylic acid groups (broad SMARTS) is 1. The smallest absolute Gasteiger partial charge is 0.343 e. The Hall–Kier alpha value is -1.45. The molecule has 1 atom stereocenters. The molecule has 2 nitrogen and oxygen atoms in total. The van der Waals surface area contributed by atoms with E-state index in [-0.39, 0.29) is 5.56 Å². The molecular weight excluding hydrogens is 166 g/mol. The van der Waals surface area contributed by atoms with Crippen molar-refractivity contribution in [1.82, 2.24) is 0 Å². The van der Waals surface area contributed by atoms with Crippen molar-refractivity contribution in [2.24, 2.45) is 0 Å². The van der Waals surface area contributed by atoms with Crippen molar-refractivity contribution in [3.63, 3.8) is 0 Å². The van der Waals surface area contributed by atoms with Gasteiger partial charge in [0.15, 0.2) is 0 Å². The molecule has 1 N–H and O–H groups in total. The van der Waals surface area contributed by atoms with Gasteiger partial charge < -0.3 is 5.11 Å². The molecule has 0 bridgehead atoms. The summed E-state index contributed by atoms with van der Waals surface area (Å²) in [6.45, 7) is 0. The van der Waals surface area contributed by atoms with Gasteiger partial charge in [0.2, 0.25) is 6.17 Å². The van der Waals surface area contributed by atoms with E-state index in [1.54, 1.807) is 0 Å². The minimum absolute atomic E-state index is 0.0519. The Kier molecular flexibility index (Phi) is 2.38. The van der Waals surface area contributed by atoms with Crippen LogP contribution in [-0.4, -0.2) is 11.1 Å². The monoisotopic (exact) mass is 172 g/mol. The van der Waals surface area contributed by atoms with E-state index in [1.807, 2.05) is 0 Å². The van der Waals surface area contributed by atoms with Crippen LogP contribution in [0.2, 0.25) is 0 Å². The fourth-order valence-corrected chi connectivity index (χ4v) is 0.774. The molecule has 0 aliphatic carbocycles. The minimum Gasteiger partial charge on any atom is -0.479 e. The molecular formula is C8H6F2O2. The maximum Gasteiger partial charge on any atom is 0.343 e. The van der Waals surface area contributed by atoms with Gasteiger partial charge in [-0.25, -0.2) is 13.6 Å². The highest BCUT2D eigenvalue weighted by atomic mass is 19.1. The summed E-state index contributed by atoms with van der Waals surface area (Å²) in [6.07, 6.45) is -2.08. The Morgan fingerprint density at radius 1 is 1.33 bits per heavy atom. The first-order chi connectivity index (χ1) is 5.61. The molecule has 0 saturated heterocycles. The molecule has 0 aromatic heterocycles. The van der Waals surface area contributed by atoms with Crippen LogP contribution in [0.4, 0.5) is 8.78 Å². The van der Waals surface area contributed by atoms with E-state index in [9.17, 15) is 13.6 Å². The molecule has 1 aromatic carbocycles. The molecule has 1 rings (SSSR count). The molecule has 1 aromatic rings. The second-order valence-electron chi connectivity index (χ2n) is 2.25. The summed E-state index contributed by atoms with van der Waals surface area (Å²) in [5.41, 5.74) is -0.0519. The Morgan fingerprint density at radius 2 is 1.83 bits per heavy atom. The first-order valence-electron chi connectivity index (χ1n) is 3.23. The van der Waals surface area contributed by atoms with Crippen molar-refractivity contribution in [3.8, 4) is 0 Å². The third-order valence-corrected chi connectivity index (χ3v) is 1.38. The van der Waals surface area contributed by atoms with Crippen LogP contribution in [0.1, 0.15) is 11.7 Å². The third kappa shape index (κ3) is 1.78. The van der Waals surface area contributed by atoms with E-state index in [0.717, 1.165) is 24.3 Å². The maximum absolute atomic E-state index is 12.7. The van der Waals surface area contributed by atoms with Gasteiger partial charge in [-0.2, -0.15) is 0 Å². The van der Waals surface area contributed by atoms with Gasteiger partial charge >= 0.3 is 5.97 Å². The first kappa shape index (κ1) is 8.64. The van der Waals surface area contributed by atoms with Crippen LogP contribution in [0.3, 0.4) is 0 Å². The maximum atomic E-state index is 12.7. The summed E-state index contributed by atoms with van der Waals surface area (Å²) in [7, 11) is 0. The highest BCUT2D eigenvalue weighted by Crippen LogP contribution is 2.17. The average molecular weight is 172 g/mol. The van der Waals surface area contributed by atoms with Gasteiger partial charge in [0.05, 0.1) is 0 Å². The lowest BCUT2D eigenvalue weighted by molar-refractivity contribution is -0.143. The summed E-state index contributed by atoms with van der Waals surface area (Å²) >= 11 is 0. The number of hydrogen-bond acceptors (Lipinski definition) is 1. The van der Waals surface area contributed by atoms with Crippen LogP contribution < -0.4 is 0 Å². The lowest BCUT2D eigenvalue weighted by atomic mass is 10.1. The molecule has 0 aliphatic rings. The number of carboxylic acids is 1. The number of hydrogen-bond donors (Lipinski definition) is 1. The molecule has 0 aliphatic heterocycles. The van der Waals surface area contributed by atoms with Gasteiger partial charge in [0, 0.05) is 0 Å². The molecule has 0 heterocycles. The third-order valence-electron chi connectivity index (χ3n) is 1.38. The van der Waals surface area contributed by atoms with Gasteiger partial charge in [0.1, 0.15) is 5.82 Å². The van der Waals surface area contributed by atoms with Gasteiger partial charge in [-0.15, -0.1) is 0 Å². The normalized spacial score (nSPS) is 12.5. The highest BCUT2D eigenvalue weighted by Gasteiger charge is 2.17. The second-order valence-corrected chi connectivity index (χ2v) is 2.25. The number of aliphatic carboxylic acids is 1. The van der Waals surface area contributed by atoms with E-state index in [1.165, 1.54) is 0 Å². The van der Waals surface area contributed by atoms with Crippen LogP contribution in [0.5, 0.6) is 0 Å². The van der Waals surface area contributed by atoms with Gasteiger partial charge in [-0.1, -0.05) is 12.1 Å². The summed E-state index contributed by atoms with van der Waals surface area (Å²) in [5, 5.41) is 8.24. The minimum atomic E-state index is -2.08. The zero-order chi connectivity index (χ0) is 9.14. The summed E-state index contributed by atoms with van der Waals surface area (Å²) in [6, 6.07) is 4.25. The standard InChI is InChI=1S/C8H6F2O2/c9-6-3-1-5(2-4-6)7(10)8(11)12/h1-4,7H,(H,11,12)/t7-/m1/s1. The van der Waals surface area contributed by atoms with Gasteiger partial charge in [0.25, 0.3) is 0 Å². The average Bonchev–Trinajstić information content (AvgIpc) is 2.04. The van der Waals surface area contributed by atoms with Crippen LogP contribution in [-0.2, 0) is 4.79 Å². The number of alkyl halides is 1. The zero-order valence-corrected chi connectivity index (χ0v) is 6.00. The van der Waals surface area contributed by atoms with Gasteiger partial charge in [-0.05, 0) is 17.7 Å². The Balaban J connectivity index is 2.89. The summed E-state index contributed by atoms with van der Waals surface area (Å²) in [4.78, 5) is 10.1. The SMILES string of the molecule is O=C(O)[C@H](F)c1ccc(F)cc1. The molecule has 0 radical (unpaired) electrons. The molecule has 64 valence electrons. The predicted octanol–water partition coefficient (Wildman–Crippen LogP) is 1.92. The molecule has 0 fully saturated rings. The number of carbonyl (C=O) groups is 1. The fourth-order valence-electron chi connectivity index (χ4n) is 0.774. The van der Waals surface area contributed by atoms with Crippen LogP contribution >= 0.6 is 0 Å². The Labute approximate surface area is 67.4 Å². The van der Waals surface area contributed by atoms with Crippen LogP contribution in [0.15, 0.2) is 24.3 Å². The lowest BCUT2D eigenvalue weighted by Crippen LogP contribution is -2.05. The topological polar surface area (TPSA) is 37.3 Å². The van der Waals surface area contributed by atoms with Gasteiger partial charge in [-0.3, -0.25) is 0 Å². The van der Waals surface area contributed by atoms with Crippen LogP contribution in [0.25, 0.3) is 0 Å². The van der Waals surface area contributed by atoms with Crippen molar-refractivity contribution >= 4 is 5.97 Å². The van der Waals surface area contributed by atoms with E-state index >= 15 is 0 Å². The van der Waals surface area contributed by atoms with Crippen molar-refractivity contribution in [2.45, 2.75) is 6.17 Å². The number of rotatable bonds is 2. The van der Waals surface area contributed by atoms with Crippen molar-refractivity contribution in [1.29, 1.82) is 0 Å². The Bertz CT molecular complexity index is 282. The Morgan fingerprint density at radius 3 is 2.25 bits per heavy atom. The molecule has 12 heavy (non-hydrogen) atoms. The van der Waals surface area contributed by atoms with E-state index in [2.05, 4.69) is 0 Å². The first-order valence-corrected chi connectivity index (χ1v) is 3.23. The van der Waals surface area contributed by atoms with Crippen molar-refractivity contribution in [3.05, 3.63) is 35.6 Å². The molecule has 4 heteroatoms. The molecule has 0 amide bonds. The van der Waals surface area contributed by atoms with E-state index in [4.69, 9.17) is 5.11 Å². The second kappa shape index (κ2) is 3.30. The predicted molar refractivity (Wildman–Crippen MR) is 37.9 cm³/mol. The quantitative estimate of drug-likeness (QED) is 0.739. The van der Waals surface area contributed by atoms with E-state index < -0.39 is 18.0 Å². The number of halogens is 2. The van der Waals surface area contributed by atoms with Crippen LogP contribution in [0, 0.1) is 5.82 Å². The zero-order valence-electron chi connectivity index (χ0n) is 6.00. The summed E-state index contributed by atoms with van der Waals surface area (Å²) < 4.78 is 24.9. The molecule has 0 spiro atoms. The number of benzene rings is 1. The highest BCUT2D eigenvalue weighted by molar-refractivity contribution is 5.74. The molecule has 0 saturated carbocycles. The fraction of sp³-hybridized carbons (Fsp3) is 0.125. The van der Waals surface area contributed by atoms with E-state index in [0.29, 0.717) is 0 Å².